The lowest BCUT2D eigenvalue weighted by Crippen LogP contribution is -2.38. The van der Waals surface area contributed by atoms with Crippen LogP contribution in [0.15, 0.2) is 24.3 Å². The molecule has 0 aromatic heterocycles. The van der Waals surface area contributed by atoms with Crippen LogP contribution in [-0.4, -0.2) is 17.7 Å². The molecule has 86 valence electrons. The maximum Gasteiger partial charge on any atom is 0.123 e. The minimum Gasteiger partial charge on any atom is -0.507 e. The highest BCUT2D eigenvalue weighted by Crippen LogP contribution is 2.38. The number of phenols is 1. The zero-order valence-electron chi connectivity index (χ0n) is 10.2. The normalized spacial score (nSPS) is 15.6. The molecular formula is C14H19NO. The quantitative estimate of drug-likeness (QED) is 0.798. The number of hydrogen-bond donors (Lipinski definition) is 2. The number of aryl methyl sites for hydroxylation is 1. The van der Waals surface area contributed by atoms with Crippen LogP contribution in [0.2, 0.25) is 0 Å². The third-order valence-corrected chi connectivity index (χ3v) is 3.46. The molecule has 0 spiro atoms. The third-order valence-electron chi connectivity index (χ3n) is 3.46. The second-order valence-corrected chi connectivity index (χ2v) is 4.84. The first kappa shape index (κ1) is 11.2. The smallest absolute Gasteiger partial charge is 0.123 e. The Bertz CT molecular complexity index is 432. The molecule has 0 radical (unpaired) electrons. The van der Waals surface area contributed by atoms with Crippen LogP contribution < -0.4 is 5.32 Å². The summed E-state index contributed by atoms with van der Waals surface area (Å²) in [7, 11) is 1.95. The second kappa shape index (κ2) is 3.95. The summed E-state index contributed by atoms with van der Waals surface area (Å²) in [4.78, 5) is 0. The predicted molar refractivity (Wildman–Crippen MR) is 67.5 cm³/mol. The van der Waals surface area contributed by atoms with Crippen molar-refractivity contribution in [1.82, 2.24) is 5.32 Å². The van der Waals surface area contributed by atoms with Crippen molar-refractivity contribution >= 4 is 5.57 Å². The van der Waals surface area contributed by atoms with Crippen LogP contribution in [0.3, 0.4) is 0 Å². The molecule has 1 aromatic carbocycles. The van der Waals surface area contributed by atoms with Gasteiger partial charge >= 0.3 is 0 Å². The van der Waals surface area contributed by atoms with E-state index in [1.807, 2.05) is 13.1 Å². The van der Waals surface area contributed by atoms with Gasteiger partial charge in [-0.3, -0.25) is 0 Å². The average Bonchev–Trinajstić information content (AvgIpc) is 2.29. The Morgan fingerprint density at radius 1 is 1.31 bits per heavy atom. The molecule has 0 bridgehead atoms. The van der Waals surface area contributed by atoms with Crippen LogP contribution in [0.4, 0.5) is 0 Å². The Morgan fingerprint density at radius 3 is 2.75 bits per heavy atom. The van der Waals surface area contributed by atoms with Crippen molar-refractivity contribution in [3.8, 4) is 5.75 Å². The molecule has 0 aliphatic heterocycles. The first-order valence-corrected chi connectivity index (χ1v) is 5.77. The molecule has 2 heteroatoms. The van der Waals surface area contributed by atoms with E-state index in [1.165, 1.54) is 11.1 Å². The molecule has 1 aromatic rings. The standard InChI is InChI=1S/C14H19NO/c1-14(2,15-3)11-8-4-6-10-7-5-9-12(16)13(10)11/h5,7-9,15-16H,4,6H2,1-3H3. The highest BCUT2D eigenvalue weighted by molar-refractivity contribution is 5.79. The van der Waals surface area contributed by atoms with Gasteiger partial charge in [0, 0.05) is 11.1 Å². The summed E-state index contributed by atoms with van der Waals surface area (Å²) < 4.78 is 0. The molecule has 0 unspecified atom stereocenters. The summed E-state index contributed by atoms with van der Waals surface area (Å²) in [5, 5.41) is 13.3. The summed E-state index contributed by atoms with van der Waals surface area (Å²) in [6.45, 7) is 4.28. The molecule has 2 rings (SSSR count). The minimum atomic E-state index is -0.103. The zero-order chi connectivity index (χ0) is 11.8. The number of benzene rings is 1. The van der Waals surface area contributed by atoms with E-state index in [0.717, 1.165) is 18.4 Å². The van der Waals surface area contributed by atoms with Crippen LogP contribution in [-0.2, 0) is 6.42 Å². The van der Waals surface area contributed by atoms with E-state index in [0.29, 0.717) is 5.75 Å². The fraction of sp³-hybridized carbons (Fsp3) is 0.429. The molecule has 2 nitrogen and oxygen atoms in total. The molecule has 0 atom stereocenters. The molecule has 2 N–H and O–H groups in total. The number of phenolic OH excluding ortho intramolecular Hbond substituents is 1. The maximum atomic E-state index is 10.0. The molecule has 1 aliphatic carbocycles. The summed E-state index contributed by atoms with van der Waals surface area (Å²) in [5.41, 5.74) is 3.37. The Balaban J connectivity index is 2.56. The van der Waals surface area contributed by atoms with E-state index >= 15 is 0 Å². The largest absolute Gasteiger partial charge is 0.507 e. The highest BCUT2D eigenvalue weighted by Gasteiger charge is 2.27. The number of allylic oxidation sites excluding steroid dienone is 1. The van der Waals surface area contributed by atoms with Gasteiger partial charge in [-0.2, -0.15) is 0 Å². The summed E-state index contributed by atoms with van der Waals surface area (Å²) in [5.74, 6) is 0.395. The van der Waals surface area contributed by atoms with Gasteiger partial charge in [-0.05, 0) is 50.9 Å². The van der Waals surface area contributed by atoms with Gasteiger partial charge < -0.3 is 10.4 Å². The number of rotatable bonds is 2. The van der Waals surface area contributed by atoms with Crippen LogP contribution in [0, 0.1) is 0 Å². The van der Waals surface area contributed by atoms with E-state index in [4.69, 9.17) is 0 Å². The Kier molecular flexibility index (Phi) is 2.76. The predicted octanol–water partition coefficient (Wildman–Crippen LogP) is 2.72. The minimum absolute atomic E-state index is 0.103. The lowest BCUT2D eigenvalue weighted by atomic mass is 9.80. The van der Waals surface area contributed by atoms with E-state index in [-0.39, 0.29) is 5.54 Å². The summed E-state index contributed by atoms with van der Waals surface area (Å²) in [6.07, 6.45) is 4.31. The van der Waals surface area contributed by atoms with E-state index in [9.17, 15) is 5.11 Å². The van der Waals surface area contributed by atoms with Gasteiger partial charge in [0.05, 0.1) is 0 Å². The van der Waals surface area contributed by atoms with Crippen LogP contribution in [0.5, 0.6) is 5.75 Å². The van der Waals surface area contributed by atoms with Gasteiger partial charge in [-0.15, -0.1) is 0 Å². The first-order chi connectivity index (χ1) is 7.56. The zero-order valence-corrected chi connectivity index (χ0v) is 10.2. The van der Waals surface area contributed by atoms with Gasteiger partial charge in [0.2, 0.25) is 0 Å². The van der Waals surface area contributed by atoms with E-state index in [1.54, 1.807) is 6.07 Å². The fourth-order valence-electron chi connectivity index (χ4n) is 2.28. The van der Waals surface area contributed by atoms with Crippen molar-refractivity contribution < 1.29 is 5.11 Å². The number of likely N-dealkylation sites (N-methyl/N-ethyl adjacent to an activating group) is 1. The molecule has 0 amide bonds. The molecule has 1 aliphatic rings. The Morgan fingerprint density at radius 2 is 2.06 bits per heavy atom. The van der Waals surface area contributed by atoms with Crippen molar-refractivity contribution in [2.45, 2.75) is 32.2 Å². The van der Waals surface area contributed by atoms with Gasteiger partial charge in [0.15, 0.2) is 0 Å². The summed E-state index contributed by atoms with van der Waals surface area (Å²) in [6, 6.07) is 5.79. The topological polar surface area (TPSA) is 32.3 Å². The van der Waals surface area contributed by atoms with Crippen LogP contribution >= 0.6 is 0 Å². The second-order valence-electron chi connectivity index (χ2n) is 4.84. The van der Waals surface area contributed by atoms with E-state index in [2.05, 4.69) is 31.3 Å². The van der Waals surface area contributed by atoms with Crippen molar-refractivity contribution in [1.29, 1.82) is 0 Å². The number of aromatic hydroxyl groups is 1. The van der Waals surface area contributed by atoms with Crippen molar-refractivity contribution in [2.24, 2.45) is 0 Å². The van der Waals surface area contributed by atoms with Crippen molar-refractivity contribution in [3.63, 3.8) is 0 Å². The third kappa shape index (κ3) is 1.74. The number of hydrogen-bond acceptors (Lipinski definition) is 2. The summed E-state index contributed by atoms with van der Waals surface area (Å²) >= 11 is 0. The average molecular weight is 217 g/mol. The molecule has 0 fully saturated rings. The van der Waals surface area contributed by atoms with Gasteiger partial charge in [0.1, 0.15) is 5.75 Å². The van der Waals surface area contributed by atoms with E-state index < -0.39 is 0 Å². The first-order valence-electron chi connectivity index (χ1n) is 5.77. The molecule has 16 heavy (non-hydrogen) atoms. The molecule has 0 heterocycles. The van der Waals surface area contributed by atoms with Crippen LogP contribution in [0.1, 0.15) is 31.4 Å². The van der Waals surface area contributed by atoms with Crippen LogP contribution in [0.25, 0.3) is 5.57 Å². The molecule has 0 saturated carbocycles. The van der Waals surface area contributed by atoms with Gasteiger partial charge in [-0.25, -0.2) is 0 Å². The molecular weight excluding hydrogens is 198 g/mol. The number of fused-ring (bicyclic) bond motifs is 1. The lowest BCUT2D eigenvalue weighted by Gasteiger charge is -2.32. The van der Waals surface area contributed by atoms with Crippen molar-refractivity contribution in [3.05, 3.63) is 35.4 Å². The Hall–Kier alpha value is -1.28. The van der Waals surface area contributed by atoms with Gasteiger partial charge in [0.25, 0.3) is 0 Å². The lowest BCUT2D eigenvalue weighted by molar-refractivity contribution is 0.467. The highest BCUT2D eigenvalue weighted by atomic mass is 16.3. The number of nitrogens with one attached hydrogen (secondary N) is 1. The fourth-order valence-corrected chi connectivity index (χ4v) is 2.28. The maximum absolute atomic E-state index is 10.0. The van der Waals surface area contributed by atoms with Gasteiger partial charge in [-0.1, -0.05) is 18.2 Å². The Labute approximate surface area is 97.0 Å². The van der Waals surface area contributed by atoms with Crippen molar-refractivity contribution in [2.75, 3.05) is 7.05 Å². The molecule has 0 saturated heterocycles. The monoisotopic (exact) mass is 217 g/mol. The SMILES string of the molecule is CNC(C)(C)C1=CCCc2cccc(O)c21.